The predicted molar refractivity (Wildman–Crippen MR) is 135 cm³/mol. The van der Waals surface area contributed by atoms with Gasteiger partial charge in [0.1, 0.15) is 11.1 Å². The number of fused-ring (bicyclic) bond motifs is 2. The van der Waals surface area contributed by atoms with Crippen molar-refractivity contribution in [1.29, 1.82) is 0 Å². The minimum atomic E-state index is -4.05. The fraction of sp³-hybridized carbons (Fsp3) is 0.148. The largest absolute Gasteiger partial charge is 0.506 e. The summed E-state index contributed by atoms with van der Waals surface area (Å²) in [4.78, 5) is 12.2. The average Bonchev–Trinajstić information content (AvgIpc) is 2.83. The normalized spacial score (nSPS) is 12.6. The van der Waals surface area contributed by atoms with E-state index in [1.807, 2.05) is 48.5 Å². The first-order chi connectivity index (χ1) is 16.4. The molecule has 4 aromatic rings. The lowest BCUT2D eigenvalue weighted by Gasteiger charge is -2.23. The van der Waals surface area contributed by atoms with E-state index < -0.39 is 19.3 Å². The van der Waals surface area contributed by atoms with Gasteiger partial charge in [0.2, 0.25) is 0 Å². The number of hydrogen-bond acceptors (Lipinski definition) is 5. The van der Waals surface area contributed by atoms with Gasteiger partial charge in [-0.25, -0.2) is 4.79 Å². The summed E-state index contributed by atoms with van der Waals surface area (Å²) in [7, 11) is -4.05. The zero-order chi connectivity index (χ0) is 24.3. The molecule has 2 N–H and O–H groups in total. The van der Waals surface area contributed by atoms with Crippen molar-refractivity contribution in [3.63, 3.8) is 0 Å². The van der Waals surface area contributed by atoms with E-state index in [2.05, 4.69) is 0 Å². The van der Waals surface area contributed by atoms with E-state index in [9.17, 15) is 19.6 Å². The van der Waals surface area contributed by atoms with E-state index in [1.54, 1.807) is 38.1 Å². The zero-order valence-electron chi connectivity index (χ0n) is 18.9. The smallest absolute Gasteiger partial charge is 0.365 e. The van der Waals surface area contributed by atoms with Gasteiger partial charge in [-0.15, -0.1) is 0 Å². The summed E-state index contributed by atoms with van der Waals surface area (Å²) in [6.45, 7) is 3.51. The van der Waals surface area contributed by atoms with Gasteiger partial charge < -0.3 is 19.3 Å². The second-order valence-corrected chi connectivity index (χ2v) is 9.57. The molecule has 4 aromatic carbocycles. The monoisotopic (exact) mass is 476 g/mol. The van der Waals surface area contributed by atoms with Gasteiger partial charge in [0, 0.05) is 11.1 Å². The molecule has 0 amide bonds. The number of carbonyl (C=O) groups is 1. The van der Waals surface area contributed by atoms with Crippen LogP contribution >= 0.6 is 7.60 Å². The highest BCUT2D eigenvalue weighted by atomic mass is 31.2. The van der Waals surface area contributed by atoms with E-state index in [0.717, 1.165) is 16.2 Å². The second kappa shape index (κ2) is 9.82. The summed E-state index contributed by atoms with van der Waals surface area (Å²) in [6.07, 6.45) is 0. The number of hydrogen-bond donors (Lipinski definition) is 2. The van der Waals surface area contributed by atoms with Crippen LogP contribution in [0.3, 0.4) is 0 Å². The number of carboxylic acids is 1. The van der Waals surface area contributed by atoms with Crippen LogP contribution in [-0.4, -0.2) is 29.4 Å². The highest BCUT2D eigenvalue weighted by Gasteiger charge is 2.36. The minimum absolute atomic E-state index is 0.0359. The molecule has 0 bridgehead atoms. The topological polar surface area (TPSA) is 93.1 Å². The molecule has 0 unspecified atom stereocenters. The lowest BCUT2D eigenvalue weighted by Crippen LogP contribution is -2.06. The molecule has 0 saturated carbocycles. The Hall–Kier alpha value is -3.44. The van der Waals surface area contributed by atoms with Gasteiger partial charge in [-0.1, -0.05) is 66.7 Å². The fourth-order valence-corrected chi connectivity index (χ4v) is 5.97. The SMILES string of the molecule is CCOP(=O)(OCC)/C(=C(/O)c1cc2ccccc2cc1C(=O)O)c1cccc2ccccc12. The molecule has 0 heterocycles. The number of benzene rings is 4. The standard InChI is InChI=1S/C27H25O6P/c1-3-32-34(31,33-4-2)26(22-15-9-13-18-10-7-8-14-21(18)22)25(28)23-16-19-11-5-6-12-20(19)17-24(23)27(29)30/h5-17,28H,3-4H2,1-2H3,(H,29,30)/b26-25+. The van der Waals surface area contributed by atoms with Crippen LogP contribution in [0.25, 0.3) is 32.6 Å². The quantitative estimate of drug-likeness (QED) is 0.157. The first kappa shape index (κ1) is 23.7. The third-order valence-electron chi connectivity index (χ3n) is 5.51. The van der Waals surface area contributed by atoms with Gasteiger partial charge in [-0.3, -0.25) is 4.57 Å². The lowest BCUT2D eigenvalue weighted by molar-refractivity contribution is 0.0696. The van der Waals surface area contributed by atoms with Gasteiger partial charge in [0.25, 0.3) is 0 Å². The zero-order valence-corrected chi connectivity index (χ0v) is 19.8. The molecule has 174 valence electrons. The highest BCUT2D eigenvalue weighted by Crippen LogP contribution is 2.63. The maximum absolute atomic E-state index is 14.1. The Morgan fingerprint density at radius 2 is 1.26 bits per heavy atom. The third-order valence-corrected chi connectivity index (χ3v) is 7.71. The summed E-state index contributed by atoms with van der Waals surface area (Å²) < 4.78 is 25.4. The fourth-order valence-electron chi connectivity index (χ4n) is 4.08. The molecule has 0 spiro atoms. The van der Waals surface area contributed by atoms with Crippen molar-refractivity contribution >= 4 is 46.2 Å². The summed E-state index contributed by atoms with van der Waals surface area (Å²) in [5.41, 5.74) is 0.368. The summed E-state index contributed by atoms with van der Waals surface area (Å²) in [6, 6.07) is 23.2. The summed E-state index contributed by atoms with van der Waals surface area (Å²) >= 11 is 0. The molecule has 0 saturated heterocycles. The van der Waals surface area contributed by atoms with E-state index in [1.165, 1.54) is 6.07 Å². The van der Waals surface area contributed by atoms with Crippen LogP contribution in [0, 0.1) is 0 Å². The molecule has 0 aromatic heterocycles. The van der Waals surface area contributed by atoms with Crippen LogP contribution in [0.5, 0.6) is 0 Å². The average molecular weight is 476 g/mol. The van der Waals surface area contributed by atoms with Gasteiger partial charge in [0.05, 0.1) is 18.8 Å². The summed E-state index contributed by atoms with van der Waals surface area (Å²) in [5, 5.41) is 24.6. The van der Waals surface area contributed by atoms with Crippen LogP contribution in [-0.2, 0) is 13.6 Å². The van der Waals surface area contributed by atoms with Crippen LogP contribution < -0.4 is 0 Å². The number of rotatable bonds is 8. The van der Waals surface area contributed by atoms with Crippen molar-refractivity contribution in [2.24, 2.45) is 0 Å². The summed E-state index contributed by atoms with van der Waals surface area (Å²) in [5.74, 6) is -1.67. The molecule has 7 heteroatoms. The van der Waals surface area contributed by atoms with Crippen molar-refractivity contribution in [3.8, 4) is 0 Å². The molecule has 0 radical (unpaired) electrons. The van der Waals surface area contributed by atoms with Crippen LogP contribution in [0.15, 0.2) is 78.9 Å². The molecule has 0 aliphatic heterocycles. The molecular weight excluding hydrogens is 451 g/mol. The van der Waals surface area contributed by atoms with Crippen molar-refractivity contribution in [3.05, 3.63) is 95.6 Å². The Morgan fingerprint density at radius 3 is 1.85 bits per heavy atom. The predicted octanol–water partition coefficient (Wildman–Crippen LogP) is 7.34. The minimum Gasteiger partial charge on any atom is -0.506 e. The Balaban J connectivity index is 2.14. The molecule has 6 nitrogen and oxygen atoms in total. The van der Waals surface area contributed by atoms with Gasteiger partial charge in [-0.2, -0.15) is 0 Å². The Kier molecular flexibility index (Phi) is 6.85. The van der Waals surface area contributed by atoms with Crippen LogP contribution in [0.4, 0.5) is 0 Å². The molecule has 34 heavy (non-hydrogen) atoms. The molecule has 0 aliphatic rings. The first-order valence-corrected chi connectivity index (χ1v) is 12.5. The number of carboxylic acid groups (broad SMARTS) is 1. The van der Waals surface area contributed by atoms with E-state index in [-0.39, 0.29) is 29.7 Å². The maximum Gasteiger partial charge on any atom is 0.365 e. The first-order valence-electron chi connectivity index (χ1n) is 11.0. The van der Waals surface area contributed by atoms with Crippen molar-refractivity contribution < 1.29 is 28.6 Å². The number of aromatic carboxylic acids is 1. The van der Waals surface area contributed by atoms with Crippen molar-refractivity contribution in [2.75, 3.05) is 13.2 Å². The van der Waals surface area contributed by atoms with Gasteiger partial charge in [-0.05, 0) is 47.5 Å². The van der Waals surface area contributed by atoms with Gasteiger partial charge in [0.15, 0.2) is 0 Å². The Bertz CT molecular complexity index is 1440. The van der Waals surface area contributed by atoms with E-state index >= 15 is 0 Å². The maximum atomic E-state index is 14.1. The molecule has 4 rings (SSSR count). The molecular formula is C27H25O6P. The van der Waals surface area contributed by atoms with E-state index in [4.69, 9.17) is 9.05 Å². The lowest BCUT2D eigenvalue weighted by atomic mass is 9.97. The molecule has 0 atom stereocenters. The molecule has 0 fully saturated rings. The van der Waals surface area contributed by atoms with Gasteiger partial charge >= 0.3 is 13.6 Å². The number of aliphatic hydroxyl groups is 1. The van der Waals surface area contributed by atoms with E-state index in [0.29, 0.717) is 10.9 Å². The Labute approximate surface area is 197 Å². The van der Waals surface area contributed by atoms with Crippen molar-refractivity contribution in [1.82, 2.24) is 0 Å². The highest BCUT2D eigenvalue weighted by molar-refractivity contribution is 7.65. The number of aliphatic hydroxyl groups excluding tert-OH is 1. The third kappa shape index (κ3) is 4.36. The van der Waals surface area contributed by atoms with Crippen LogP contribution in [0.2, 0.25) is 0 Å². The Morgan fingerprint density at radius 1 is 0.735 bits per heavy atom. The molecule has 0 aliphatic carbocycles. The van der Waals surface area contributed by atoms with Crippen molar-refractivity contribution in [2.45, 2.75) is 13.8 Å². The van der Waals surface area contributed by atoms with Crippen LogP contribution in [0.1, 0.15) is 35.3 Å². The second-order valence-electron chi connectivity index (χ2n) is 7.61.